The Labute approximate surface area is 75.3 Å². The molecule has 1 aliphatic heterocycles. The molecule has 0 saturated carbocycles. The van der Waals surface area contributed by atoms with Crippen LogP contribution in [0.3, 0.4) is 0 Å². The van der Waals surface area contributed by atoms with Gasteiger partial charge in [0.1, 0.15) is 0 Å². The highest BCUT2D eigenvalue weighted by Gasteiger charge is 2.14. The van der Waals surface area contributed by atoms with E-state index in [9.17, 15) is 0 Å². The Hall–Kier alpha value is -0.210. The first-order valence-electron chi connectivity index (χ1n) is 3.77. The van der Waals surface area contributed by atoms with Gasteiger partial charge in [0, 0.05) is 15.0 Å². The van der Waals surface area contributed by atoms with Crippen molar-refractivity contribution in [3.8, 4) is 0 Å². The molecule has 11 heavy (non-hydrogen) atoms. The van der Waals surface area contributed by atoms with Crippen LogP contribution in [0.15, 0.2) is 23.6 Å². The Kier molecular flexibility index (Phi) is 2.05. The highest BCUT2D eigenvalue weighted by molar-refractivity contribution is 8.09. The van der Waals surface area contributed by atoms with Crippen molar-refractivity contribution in [1.29, 1.82) is 0 Å². The smallest absolute Gasteiger partial charge is 0.0403 e. The molecule has 2 rings (SSSR count). The molecule has 0 fully saturated rings. The molecule has 1 aromatic rings. The van der Waals surface area contributed by atoms with E-state index in [0.717, 1.165) is 5.25 Å². The zero-order valence-corrected chi connectivity index (χ0v) is 8.04. The van der Waals surface area contributed by atoms with Gasteiger partial charge in [-0.2, -0.15) is 0 Å². The highest BCUT2D eigenvalue weighted by Crippen LogP contribution is 2.40. The maximum Gasteiger partial charge on any atom is 0.0403 e. The van der Waals surface area contributed by atoms with Gasteiger partial charge in [-0.25, -0.2) is 0 Å². The SMILES string of the molecule is CC1CC=C(c2cccs2)S1. The molecule has 2 heteroatoms. The van der Waals surface area contributed by atoms with Crippen LogP contribution in [0.25, 0.3) is 4.91 Å². The van der Waals surface area contributed by atoms with E-state index in [1.165, 1.54) is 16.2 Å². The predicted octanol–water partition coefficient (Wildman–Crippen LogP) is 3.61. The number of hydrogen-bond donors (Lipinski definition) is 0. The summed E-state index contributed by atoms with van der Waals surface area (Å²) < 4.78 is 0. The second-order valence-corrected chi connectivity index (χ2v) is 5.14. The van der Waals surface area contributed by atoms with E-state index in [2.05, 4.69) is 30.5 Å². The molecule has 0 spiro atoms. The predicted molar refractivity (Wildman–Crippen MR) is 54.0 cm³/mol. The van der Waals surface area contributed by atoms with E-state index >= 15 is 0 Å². The summed E-state index contributed by atoms with van der Waals surface area (Å²) >= 11 is 3.83. The zero-order valence-electron chi connectivity index (χ0n) is 6.41. The fourth-order valence-electron chi connectivity index (χ4n) is 1.16. The van der Waals surface area contributed by atoms with Crippen LogP contribution in [0, 0.1) is 0 Å². The molecule has 0 aliphatic carbocycles. The standard InChI is InChI=1S/C9H10S2/c1-7-4-5-9(11-7)8-3-2-6-10-8/h2-3,5-7H,4H2,1H3. The lowest BCUT2D eigenvalue weighted by atomic mass is 10.3. The zero-order chi connectivity index (χ0) is 7.68. The van der Waals surface area contributed by atoms with Crippen molar-refractivity contribution >= 4 is 28.0 Å². The summed E-state index contributed by atoms with van der Waals surface area (Å²) in [6, 6.07) is 4.31. The van der Waals surface area contributed by atoms with Crippen LogP contribution in [-0.4, -0.2) is 5.25 Å². The lowest BCUT2D eigenvalue weighted by molar-refractivity contribution is 1.00. The van der Waals surface area contributed by atoms with Crippen molar-refractivity contribution in [3.05, 3.63) is 28.5 Å². The molecule has 0 N–H and O–H groups in total. The summed E-state index contributed by atoms with van der Waals surface area (Å²) in [4.78, 5) is 2.91. The first kappa shape index (κ1) is 7.44. The van der Waals surface area contributed by atoms with Crippen LogP contribution >= 0.6 is 23.1 Å². The molecule has 0 bridgehead atoms. The molecule has 0 saturated heterocycles. The number of allylic oxidation sites excluding steroid dienone is 1. The van der Waals surface area contributed by atoms with Crippen LogP contribution in [0.2, 0.25) is 0 Å². The molecular weight excluding hydrogens is 172 g/mol. The normalized spacial score (nSPS) is 23.7. The molecule has 0 nitrogen and oxygen atoms in total. The van der Waals surface area contributed by atoms with Crippen molar-refractivity contribution in [2.24, 2.45) is 0 Å². The van der Waals surface area contributed by atoms with Crippen LogP contribution in [0.5, 0.6) is 0 Å². The average Bonchev–Trinajstić information content (AvgIpc) is 2.55. The summed E-state index contributed by atoms with van der Waals surface area (Å²) in [6.07, 6.45) is 3.58. The van der Waals surface area contributed by atoms with Crippen LogP contribution in [-0.2, 0) is 0 Å². The summed E-state index contributed by atoms with van der Waals surface area (Å²) in [5.41, 5.74) is 0. The lowest BCUT2D eigenvalue weighted by Gasteiger charge is -1.99. The summed E-state index contributed by atoms with van der Waals surface area (Å²) in [5.74, 6) is 0. The van der Waals surface area contributed by atoms with Crippen LogP contribution < -0.4 is 0 Å². The molecule has 0 radical (unpaired) electrons. The fraction of sp³-hybridized carbons (Fsp3) is 0.333. The summed E-state index contributed by atoms with van der Waals surface area (Å²) in [6.45, 7) is 2.28. The maximum absolute atomic E-state index is 2.35. The van der Waals surface area contributed by atoms with Gasteiger partial charge in [-0.15, -0.1) is 23.1 Å². The van der Waals surface area contributed by atoms with Crippen LogP contribution in [0.1, 0.15) is 18.2 Å². The minimum Gasteiger partial charge on any atom is -0.143 e. The van der Waals surface area contributed by atoms with Gasteiger partial charge >= 0.3 is 0 Å². The highest BCUT2D eigenvalue weighted by atomic mass is 32.2. The number of thiophene rings is 1. The van der Waals surface area contributed by atoms with E-state index in [-0.39, 0.29) is 0 Å². The molecule has 1 atom stereocenters. The summed E-state index contributed by atoms with van der Waals surface area (Å²) in [5, 5.41) is 2.92. The molecule has 0 aromatic carbocycles. The number of rotatable bonds is 1. The quantitative estimate of drug-likeness (QED) is 0.639. The fourth-order valence-corrected chi connectivity index (χ4v) is 3.12. The number of hydrogen-bond acceptors (Lipinski definition) is 2. The van der Waals surface area contributed by atoms with Crippen LogP contribution in [0.4, 0.5) is 0 Å². The lowest BCUT2D eigenvalue weighted by Crippen LogP contribution is -1.83. The minimum atomic E-state index is 0.784. The van der Waals surface area contributed by atoms with Crippen molar-refractivity contribution in [2.75, 3.05) is 0 Å². The Bertz CT molecular complexity index is 259. The number of thioether (sulfide) groups is 1. The van der Waals surface area contributed by atoms with Gasteiger partial charge in [0.2, 0.25) is 0 Å². The van der Waals surface area contributed by atoms with E-state index in [0.29, 0.717) is 0 Å². The molecule has 1 unspecified atom stereocenters. The summed E-state index contributed by atoms with van der Waals surface area (Å²) in [7, 11) is 0. The van der Waals surface area contributed by atoms with Crippen molar-refractivity contribution in [3.63, 3.8) is 0 Å². The third-order valence-electron chi connectivity index (χ3n) is 1.73. The monoisotopic (exact) mass is 182 g/mol. The van der Waals surface area contributed by atoms with Gasteiger partial charge in [-0.1, -0.05) is 19.1 Å². The van der Waals surface area contributed by atoms with Gasteiger partial charge in [0.05, 0.1) is 0 Å². The van der Waals surface area contributed by atoms with Gasteiger partial charge < -0.3 is 0 Å². The van der Waals surface area contributed by atoms with Crippen molar-refractivity contribution in [1.82, 2.24) is 0 Å². The van der Waals surface area contributed by atoms with Gasteiger partial charge in [-0.3, -0.25) is 0 Å². The largest absolute Gasteiger partial charge is 0.143 e. The average molecular weight is 182 g/mol. The molecular formula is C9H10S2. The van der Waals surface area contributed by atoms with Crippen molar-refractivity contribution < 1.29 is 0 Å². The molecule has 58 valence electrons. The first-order valence-corrected chi connectivity index (χ1v) is 5.53. The third-order valence-corrected chi connectivity index (χ3v) is 4.00. The molecule has 1 aliphatic rings. The molecule has 1 aromatic heterocycles. The topological polar surface area (TPSA) is 0 Å². The third kappa shape index (κ3) is 1.52. The maximum atomic E-state index is 2.35. The Balaban J connectivity index is 2.19. The van der Waals surface area contributed by atoms with E-state index in [4.69, 9.17) is 0 Å². The van der Waals surface area contributed by atoms with Gasteiger partial charge in [0.25, 0.3) is 0 Å². The van der Waals surface area contributed by atoms with E-state index in [1.807, 2.05) is 23.1 Å². The van der Waals surface area contributed by atoms with E-state index < -0.39 is 0 Å². The first-order chi connectivity index (χ1) is 5.36. The van der Waals surface area contributed by atoms with Gasteiger partial charge in [0.15, 0.2) is 0 Å². The minimum absolute atomic E-state index is 0.784. The Morgan fingerprint density at radius 1 is 1.55 bits per heavy atom. The Morgan fingerprint density at radius 2 is 2.45 bits per heavy atom. The molecule has 0 amide bonds. The second kappa shape index (κ2) is 3.03. The van der Waals surface area contributed by atoms with E-state index in [1.54, 1.807) is 0 Å². The molecule has 2 heterocycles. The second-order valence-electron chi connectivity index (χ2n) is 2.71. The Morgan fingerprint density at radius 3 is 3.00 bits per heavy atom. The van der Waals surface area contributed by atoms with Gasteiger partial charge in [-0.05, 0) is 17.9 Å². The van der Waals surface area contributed by atoms with Crippen molar-refractivity contribution in [2.45, 2.75) is 18.6 Å².